The molecule has 0 saturated carbocycles. The van der Waals surface area contributed by atoms with Crippen molar-refractivity contribution in [2.45, 2.75) is 32.7 Å². The molecule has 1 unspecified atom stereocenters. The van der Waals surface area contributed by atoms with Gasteiger partial charge in [0.15, 0.2) is 0 Å². The molecule has 1 amide bonds. The summed E-state index contributed by atoms with van der Waals surface area (Å²) in [4.78, 5) is 11.8. The van der Waals surface area contributed by atoms with Crippen LogP contribution in [0.2, 0.25) is 0 Å². The molecule has 0 radical (unpaired) electrons. The number of carbonyl (C=O) groups excluding carboxylic acids is 1. The Kier molecular flexibility index (Phi) is 5.05. The maximum absolute atomic E-state index is 11.8. The van der Waals surface area contributed by atoms with Crippen LogP contribution in [0.3, 0.4) is 0 Å². The van der Waals surface area contributed by atoms with E-state index in [-0.39, 0.29) is 17.9 Å². The molecule has 0 aliphatic carbocycles. The molecular formula is C12H20N2O2. The van der Waals surface area contributed by atoms with Gasteiger partial charge in [0.2, 0.25) is 5.91 Å². The average molecular weight is 224 g/mol. The molecule has 2 atom stereocenters. The summed E-state index contributed by atoms with van der Waals surface area (Å²) in [5.41, 5.74) is 5.41. The molecule has 0 aromatic carbocycles. The van der Waals surface area contributed by atoms with Gasteiger partial charge >= 0.3 is 0 Å². The Morgan fingerprint density at radius 3 is 2.88 bits per heavy atom. The van der Waals surface area contributed by atoms with Gasteiger partial charge in [-0.3, -0.25) is 4.79 Å². The Morgan fingerprint density at radius 1 is 1.56 bits per heavy atom. The van der Waals surface area contributed by atoms with Gasteiger partial charge in [0.1, 0.15) is 5.76 Å². The first-order valence-electron chi connectivity index (χ1n) is 5.69. The quantitative estimate of drug-likeness (QED) is 0.774. The predicted molar refractivity (Wildman–Crippen MR) is 62.7 cm³/mol. The highest BCUT2D eigenvalue weighted by atomic mass is 16.3. The summed E-state index contributed by atoms with van der Waals surface area (Å²) in [6.45, 7) is 4.46. The van der Waals surface area contributed by atoms with Crippen LogP contribution in [-0.4, -0.2) is 12.5 Å². The highest BCUT2D eigenvalue weighted by Crippen LogP contribution is 2.14. The lowest BCUT2D eigenvalue weighted by Gasteiger charge is -2.15. The fourth-order valence-corrected chi connectivity index (χ4v) is 1.52. The lowest BCUT2D eigenvalue weighted by atomic mass is 10.0. The van der Waals surface area contributed by atoms with Crippen molar-refractivity contribution in [3.63, 3.8) is 0 Å². The third kappa shape index (κ3) is 3.70. The molecule has 4 heteroatoms. The second kappa shape index (κ2) is 6.33. The molecule has 0 aliphatic rings. The molecule has 1 aromatic rings. The number of hydrogen-bond donors (Lipinski definition) is 2. The molecule has 1 heterocycles. The zero-order chi connectivity index (χ0) is 12.0. The van der Waals surface area contributed by atoms with Crippen LogP contribution in [0.1, 0.15) is 38.5 Å². The summed E-state index contributed by atoms with van der Waals surface area (Å²) >= 11 is 0. The summed E-state index contributed by atoms with van der Waals surface area (Å²) < 4.78 is 5.22. The van der Waals surface area contributed by atoms with Crippen LogP contribution in [0.4, 0.5) is 0 Å². The number of amides is 1. The van der Waals surface area contributed by atoms with Crippen LogP contribution in [0.25, 0.3) is 0 Å². The molecule has 16 heavy (non-hydrogen) atoms. The van der Waals surface area contributed by atoms with Gasteiger partial charge in [-0.15, -0.1) is 0 Å². The van der Waals surface area contributed by atoms with E-state index in [0.717, 1.165) is 18.6 Å². The second-order valence-electron chi connectivity index (χ2n) is 4.08. The second-order valence-corrected chi connectivity index (χ2v) is 4.08. The van der Waals surface area contributed by atoms with Crippen molar-refractivity contribution in [1.29, 1.82) is 0 Å². The van der Waals surface area contributed by atoms with Crippen LogP contribution in [0.5, 0.6) is 0 Å². The first kappa shape index (κ1) is 12.8. The Labute approximate surface area is 96.2 Å². The van der Waals surface area contributed by atoms with E-state index in [4.69, 9.17) is 10.2 Å². The van der Waals surface area contributed by atoms with Gasteiger partial charge in [-0.2, -0.15) is 0 Å². The van der Waals surface area contributed by atoms with Crippen molar-refractivity contribution >= 4 is 5.91 Å². The van der Waals surface area contributed by atoms with Crippen LogP contribution in [0.15, 0.2) is 22.8 Å². The number of hydrogen-bond acceptors (Lipinski definition) is 3. The van der Waals surface area contributed by atoms with Crippen molar-refractivity contribution in [3.05, 3.63) is 24.2 Å². The predicted octanol–water partition coefficient (Wildman–Crippen LogP) is 1.83. The van der Waals surface area contributed by atoms with E-state index in [0.29, 0.717) is 6.54 Å². The zero-order valence-corrected chi connectivity index (χ0v) is 9.90. The number of nitrogens with two attached hydrogens (primary N) is 1. The number of nitrogens with one attached hydrogen (secondary N) is 1. The molecular weight excluding hydrogens is 204 g/mol. The fourth-order valence-electron chi connectivity index (χ4n) is 1.52. The molecule has 0 fully saturated rings. The highest BCUT2D eigenvalue weighted by Gasteiger charge is 2.16. The molecule has 4 nitrogen and oxygen atoms in total. The summed E-state index contributed by atoms with van der Waals surface area (Å²) in [6, 6.07) is 3.59. The third-order valence-corrected chi connectivity index (χ3v) is 2.62. The Morgan fingerprint density at radius 2 is 2.31 bits per heavy atom. The van der Waals surface area contributed by atoms with Crippen LogP contribution in [-0.2, 0) is 4.79 Å². The van der Waals surface area contributed by atoms with E-state index in [9.17, 15) is 4.79 Å². The van der Waals surface area contributed by atoms with E-state index in [1.54, 1.807) is 6.26 Å². The van der Waals surface area contributed by atoms with Crippen molar-refractivity contribution < 1.29 is 9.21 Å². The molecule has 1 aromatic heterocycles. The van der Waals surface area contributed by atoms with Crippen molar-refractivity contribution in [2.24, 2.45) is 11.7 Å². The van der Waals surface area contributed by atoms with Gasteiger partial charge in [0.05, 0.1) is 12.3 Å². The van der Waals surface area contributed by atoms with Gasteiger partial charge in [-0.1, -0.05) is 6.92 Å². The molecule has 3 N–H and O–H groups in total. The minimum absolute atomic E-state index is 0.000891. The topological polar surface area (TPSA) is 68.3 Å². The van der Waals surface area contributed by atoms with Gasteiger partial charge in [-0.05, 0) is 38.4 Å². The smallest absolute Gasteiger partial charge is 0.223 e. The van der Waals surface area contributed by atoms with E-state index in [1.807, 2.05) is 26.0 Å². The van der Waals surface area contributed by atoms with Crippen molar-refractivity contribution in [1.82, 2.24) is 5.32 Å². The van der Waals surface area contributed by atoms with Gasteiger partial charge in [-0.25, -0.2) is 0 Å². The van der Waals surface area contributed by atoms with Gasteiger partial charge in [0, 0.05) is 5.92 Å². The fraction of sp³-hybridized carbons (Fsp3) is 0.583. The van der Waals surface area contributed by atoms with Crippen molar-refractivity contribution in [3.8, 4) is 0 Å². The van der Waals surface area contributed by atoms with E-state index >= 15 is 0 Å². The highest BCUT2D eigenvalue weighted by molar-refractivity contribution is 5.78. The van der Waals surface area contributed by atoms with E-state index in [1.165, 1.54) is 0 Å². The minimum Gasteiger partial charge on any atom is -0.467 e. The summed E-state index contributed by atoms with van der Waals surface area (Å²) in [5, 5.41) is 2.92. The van der Waals surface area contributed by atoms with E-state index < -0.39 is 0 Å². The Hall–Kier alpha value is -1.29. The third-order valence-electron chi connectivity index (χ3n) is 2.62. The van der Waals surface area contributed by atoms with Crippen LogP contribution in [0, 0.1) is 5.92 Å². The largest absolute Gasteiger partial charge is 0.467 e. The van der Waals surface area contributed by atoms with Crippen LogP contribution < -0.4 is 11.1 Å². The Bertz CT molecular complexity index is 309. The first-order valence-corrected chi connectivity index (χ1v) is 5.69. The minimum atomic E-state index is -0.0807. The molecule has 0 spiro atoms. The van der Waals surface area contributed by atoms with E-state index in [2.05, 4.69) is 5.32 Å². The SMILES string of the molecule is CC(CCCN)C(=O)N[C@@H](C)c1ccco1. The first-order chi connectivity index (χ1) is 7.65. The number of rotatable bonds is 6. The molecule has 0 aliphatic heterocycles. The lowest BCUT2D eigenvalue weighted by molar-refractivity contribution is -0.125. The standard InChI is InChI=1S/C12H20N2O2/c1-9(5-3-7-13)12(15)14-10(2)11-6-4-8-16-11/h4,6,8-10H,3,5,7,13H2,1-2H3,(H,14,15)/t9?,10-/m0/s1. The van der Waals surface area contributed by atoms with Gasteiger partial charge < -0.3 is 15.5 Å². The molecule has 90 valence electrons. The molecule has 0 saturated heterocycles. The molecule has 0 bridgehead atoms. The maximum atomic E-state index is 11.8. The summed E-state index contributed by atoms with van der Waals surface area (Å²) in [7, 11) is 0. The monoisotopic (exact) mass is 224 g/mol. The lowest BCUT2D eigenvalue weighted by Crippen LogP contribution is -2.31. The maximum Gasteiger partial charge on any atom is 0.223 e. The normalized spacial score (nSPS) is 14.4. The summed E-state index contributed by atoms with van der Waals surface area (Å²) in [6.07, 6.45) is 3.31. The zero-order valence-electron chi connectivity index (χ0n) is 9.90. The average Bonchev–Trinajstić information content (AvgIpc) is 2.79. The molecule has 1 rings (SSSR count). The summed E-state index contributed by atoms with van der Waals surface area (Å²) in [5.74, 6) is 0.831. The number of carbonyl (C=O) groups is 1. The van der Waals surface area contributed by atoms with Crippen molar-refractivity contribution in [2.75, 3.05) is 6.54 Å². The Balaban J connectivity index is 2.39. The number of furan rings is 1. The van der Waals surface area contributed by atoms with Crippen LogP contribution >= 0.6 is 0 Å². The van der Waals surface area contributed by atoms with Gasteiger partial charge in [0.25, 0.3) is 0 Å².